The third-order valence-electron chi connectivity index (χ3n) is 4.87. The number of anilines is 2. The molecule has 1 atom stereocenters. The van der Waals surface area contributed by atoms with Crippen LogP contribution in [0.15, 0.2) is 84.9 Å². The van der Waals surface area contributed by atoms with E-state index in [0.717, 1.165) is 16.8 Å². The lowest BCUT2D eigenvalue weighted by Crippen LogP contribution is -2.16. The number of rotatable bonds is 6. The first-order valence-electron chi connectivity index (χ1n) is 9.83. The van der Waals surface area contributed by atoms with Gasteiger partial charge in [-0.2, -0.15) is 9.67 Å². The average molecular weight is 397 g/mol. The van der Waals surface area contributed by atoms with Crippen molar-refractivity contribution in [1.82, 2.24) is 14.8 Å². The number of benzene rings is 3. The SMILES string of the molecule is Cc1ccccc1C(=O)Nc1nc(N[C@H](C)c2ccccc2)nn1-c1ccccc1. The molecular formula is C24H23N5O. The summed E-state index contributed by atoms with van der Waals surface area (Å²) < 4.78 is 1.64. The second-order valence-corrected chi connectivity index (χ2v) is 7.05. The molecule has 0 aliphatic carbocycles. The summed E-state index contributed by atoms with van der Waals surface area (Å²) in [5.41, 5.74) is 3.44. The zero-order valence-electron chi connectivity index (χ0n) is 16.9. The van der Waals surface area contributed by atoms with Gasteiger partial charge in [0.2, 0.25) is 11.9 Å². The first-order chi connectivity index (χ1) is 14.6. The highest BCUT2D eigenvalue weighted by Gasteiger charge is 2.17. The largest absolute Gasteiger partial charge is 0.346 e. The van der Waals surface area contributed by atoms with Crippen LogP contribution in [0.25, 0.3) is 5.69 Å². The highest BCUT2D eigenvalue weighted by atomic mass is 16.1. The monoisotopic (exact) mass is 397 g/mol. The molecule has 6 heteroatoms. The normalized spacial score (nSPS) is 11.7. The molecular weight excluding hydrogens is 374 g/mol. The number of amides is 1. The third-order valence-corrected chi connectivity index (χ3v) is 4.87. The zero-order valence-corrected chi connectivity index (χ0v) is 16.9. The van der Waals surface area contributed by atoms with E-state index in [4.69, 9.17) is 0 Å². The number of nitrogens with zero attached hydrogens (tertiary/aromatic N) is 3. The molecule has 150 valence electrons. The van der Waals surface area contributed by atoms with Crippen LogP contribution in [-0.2, 0) is 0 Å². The van der Waals surface area contributed by atoms with E-state index >= 15 is 0 Å². The Bertz CT molecular complexity index is 1140. The van der Waals surface area contributed by atoms with Gasteiger partial charge in [0.1, 0.15) is 0 Å². The molecule has 0 aliphatic rings. The van der Waals surface area contributed by atoms with E-state index in [9.17, 15) is 4.79 Å². The second-order valence-electron chi connectivity index (χ2n) is 7.05. The molecule has 0 aliphatic heterocycles. The average Bonchev–Trinajstić information content (AvgIpc) is 3.17. The summed E-state index contributed by atoms with van der Waals surface area (Å²) >= 11 is 0. The van der Waals surface area contributed by atoms with Crippen LogP contribution < -0.4 is 10.6 Å². The number of carbonyl (C=O) groups is 1. The molecule has 1 amide bonds. The maximum Gasteiger partial charge on any atom is 0.258 e. The van der Waals surface area contributed by atoms with Crippen molar-refractivity contribution in [2.75, 3.05) is 10.6 Å². The van der Waals surface area contributed by atoms with Gasteiger partial charge >= 0.3 is 0 Å². The van der Waals surface area contributed by atoms with E-state index in [1.54, 1.807) is 10.7 Å². The summed E-state index contributed by atoms with van der Waals surface area (Å²) in [6.07, 6.45) is 0. The van der Waals surface area contributed by atoms with Crippen molar-refractivity contribution < 1.29 is 4.79 Å². The predicted octanol–water partition coefficient (Wildman–Crippen LogP) is 5.00. The number of hydrogen-bond donors (Lipinski definition) is 2. The Hall–Kier alpha value is -3.93. The van der Waals surface area contributed by atoms with Gasteiger partial charge in [-0.3, -0.25) is 10.1 Å². The van der Waals surface area contributed by atoms with Crippen LogP contribution in [0.1, 0.15) is 34.5 Å². The van der Waals surface area contributed by atoms with Crippen molar-refractivity contribution in [3.63, 3.8) is 0 Å². The Kier molecular flexibility index (Phi) is 5.57. The Balaban J connectivity index is 1.65. The minimum absolute atomic E-state index is 0.0118. The maximum absolute atomic E-state index is 12.9. The molecule has 0 fully saturated rings. The van der Waals surface area contributed by atoms with Gasteiger partial charge in [-0.1, -0.05) is 66.7 Å². The summed E-state index contributed by atoms with van der Waals surface area (Å²) in [5, 5.41) is 10.8. The van der Waals surface area contributed by atoms with Crippen molar-refractivity contribution in [1.29, 1.82) is 0 Å². The first-order valence-corrected chi connectivity index (χ1v) is 9.83. The molecule has 6 nitrogen and oxygen atoms in total. The number of aromatic nitrogens is 3. The molecule has 3 aromatic carbocycles. The number of nitrogens with one attached hydrogen (secondary N) is 2. The quantitative estimate of drug-likeness (QED) is 0.480. The molecule has 0 saturated carbocycles. The molecule has 1 aromatic heterocycles. The Morgan fingerprint density at radius 2 is 1.53 bits per heavy atom. The fourth-order valence-electron chi connectivity index (χ4n) is 3.22. The van der Waals surface area contributed by atoms with E-state index < -0.39 is 0 Å². The Morgan fingerprint density at radius 1 is 0.900 bits per heavy atom. The van der Waals surface area contributed by atoms with Gasteiger partial charge in [0.05, 0.1) is 11.7 Å². The summed E-state index contributed by atoms with van der Waals surface area (Å²) in [6, 6.07) is 27.2. The highest BCUT2D eigenvalue weighted by Crippen LogP contribution is 2.21. The number of aryl methyl sites for hydroxylation is 1. The summed E-state index contributed by atoms with van der Waals surface area (Å²) in [4.78, 5) is 17.4. The standard InChI is InChI=1S/C24H23N5O/c1-17-11-9-10-16-21(17)22(30)26-24-27-23(25-18(2)19-12-5-3-6-13-19)28-29(24)20-14-7-4-8-15-20/h3-16,18H,1-2H3,(H2,25,26,27,28,30)/t18-/m1/s1. The van der Waals surface area contributed by atoms with E-state index in [-0.39, 0.29) is 11.9 Å². The molecule has 0 unspecified atom stereocenters. The smallest absolute Gasteiger partial charge is 0.258 e. The fraction of sp³-hybridized carbons (Fsp3) is 0.125. The zero-order chi connectivity index (χ0) is 20.9. The van der Waals surface area contributed by atoms with Crippen molar-refractivity contribution in [2.45, 2.75) is 19.9 Å². The molecule has 0 saturated heterocycles. The number of hydrogen-bond acceptors (Lipinski definition) is 4. The van der Waals surface area contributed by atoms with Gasteiger partial charge < -0.3 is 5.32 Å². The second kappa shape index (κ2) is 8.61. The molecule has 30 heavy (non-hydrogen) atoms. The number of carbonyl (C=O) groups excluding carboxylic acids is 1. The summed E-state index contributed by atoms with van der Waals surface area (Å²) in [7, 11) is 0. The molecule has 0 spiro atoms. The van der Waals surface area contributed by atoms with Gasteiger partial charge in [0.25, 0.3) is 5.91 Å². The molecule has 0 radical (unpaired) electrons. The van der Waals surface area contributed by atoms with Gasteiger partial charge in [0.15, 0.2) is 0 Å². The lowest BCUT2D eigenvalue weighted by atomic mass is 10.1. The lowest BCUT2D eigenvalue weighted by molar-refractivity contribution is 0.102. The van der Waals surface area contributed by atoms with Crippen LogP contribution in [0, 0.1) is 6.92 Å². The van der Waals surface area contributed by atoms with E-state index in [0.29, 0.717) is 17.5 Å². The predicted molar refractivity (Wildman–Crippen MR) is 119 cm³/mol. The Labute approximate surface area is 175 Å². The third kappa shape index (κ3) is 4.22. The van der Waals surface area contributed by atoms with Gasteiger partial charge in [-0.05, 0) is 43.2 Å². The Morgan fingerprint density at radius 3 is 2.23 bits per heavy atom. The topological polar surface area (TPSA) is 71.8 Å². The van der Waals surface area contributed by atoms with E-state index in [1.807, 2.05) is 92.7 Å². The van der Waals surface area contributed by atoms with Crippen LogP contribution in [0.5, 0.6) is 0 Å². The van der Waals surface area contributed by atoms with Crippen molar-refractivity contribution in [3.05, 3.63) is 102 Å². The fourth-order valence-corrected chi connectivity index (χ4v) is 3.22. The summed E-state index contributed by atoms with van der Waals surface area (Å²) in [6.45, 7) is 3.95. The maximum atomic E-state index is 12.9. The minimum Gasteiger partial charge on any atom is -0.346 e. The van der Waals surface area contributed by atoms with Crippen LogP contribution in [0.2, 0.25) is 0 Å². The van der Waals surface area contributed by atoms with Crippen LogP contribution >= 0.6 is 0 Å². The first kappa shape index (κ1) is 19.4. The van der Waals surface area contributed by atoms with E-state index in [2.05, 4.69) is 20.7 Å². The van der Waals surface area contributed by atoms with Crippen LogP contribution in [-0.4, -0.2) is 20.7 Å². The molecule has 1 heterocycles. The minimum atomic E-state index is -0.222. The van der Waals surface area contributed by atoms with Gasteiger partial charge in [-0.25, -0.2) is 0 Å². The summed E-state index contributed by atoms with van der Waals surface area (Å²) in [5.74, 6) is 0.577. The number of para-hydroxylation sites is 1. The lowest BCUT2D eigenvalue weighted by Gasteiger charge is -2.12. The molecule has 4 rings (SSSR count). The molecule has 2 N–H and O–H groups in total. The van der Waals surface area contributed by atoms with Gasteiger partial charge in [0, 0.05) is 5.56 Å². The van der Waals surface area contributed by atoms with Crippen LogP contribution in [0.3, 0.4) is 0 Å². The van der Waals surface area contributed by atoms with Crippen LogP contribution in [0.4, 0.5) is 11.9 Å². The van der Waals surface area contributed by atoms with Crippen molar-refractivity contribution in [3.8, 4) is 5.69 Å². The van der Waals surface area contributed by atoms with Gasteiger partial charge in [-0.15, -0.1) is 5.10 Å². The molecule has 0 bridgehead atoms. The van der Waals surface area contributed by atoms with Crippen molar-refractivity contribution >= 4 is 17.8 Å². The molecule has 4 aromatic rings. The van der Waals surface area contributed by atoms with Crippen molar-refractivity contribution in [2.24, 2.45) is 0 Å². The highest BCUT2D eigenvalue weighted by molar-refractivity contribution is 6.04. The van der Waals surface area contributed by atoms with E-state index in [1.165, 1.54) is 0 Å².